The summed E-state index contributed by atoms with van der Waals surface area (Å²) in [7, 11) is 0. The molecule has 0 heterocycles. The number of carbonyl (C=O) groups is 5. The highest BCUT2D eigenvalue weighted by molar-refractivity contribution is 7.80. The zero-order valence-corrected chi connectivity index (χ0v) is 21.2. The van der Waals surface area contributed by atoms with Gasteiger partial charge in [-0.2, -0.15) is 12.6 Å². The SMILES string of the molecule is CCC(C)C(NC(=O)C(CS)NC(=O)C(N)Cc1ccc(O)cc1)C(=O)NC(CCC(N)=O)C(=O)O. The van der Waals surface area contributed by atoms with Crippen molar-refractivity contribution in [1.82, 2.24) is 16.0 Å². The van der Waals surface area contributed by atoms with Crippen LogP contribution in [0.25, 0.3) is 0 Å². The number of carbonyl (C=O) groups excluding carboxylic acids is 4. The van der Waals surface area contributed by atoms with Gasteiger partial charge in [0.2, 0.25) is 23.6 Å². The number of hydrogen-bond acceptors (Lipinski definition) is 8. The second-order valence-corrected chi connectivity index (χ2v) is 8.86. The number of nitrogens with two attached hydrogens (primary N) is 2. The third-order valence-corrected chi connectivity index (χ3v) is 6.00. The van der Waals surface area contributed by atoms with Gasteiger partial charge in [0.25, 0.3) is 0 Å². The Hall–Kier alpha value is -3.32. The molecule has 200 valence electrons. The first-order chi connectivity index (χ1) is 16.9. The molecule has 36 heavy (non-hydrogen) atoms. The standard InChI is InChI=1S/C23H35N5O7S/c1-3-12(2)19(22(33)26-16(23(34)35)8-9-18(25)30)28-21(32)17(11-36)27-20(31)15(24)10-13-4-6-14(29)7-5-13/h4-7,12,15-17,19,29,36H,3,8-11,24H2,1-2H3,(H2,25,30)(H,26,33)(H,27,31)(H,28,32)(H,34,35). The number of primary amides is 1. The van der Waals surface area contributed by atoms with Crippen LogP contribution in [0.2, 0.25) is 0 Å². The topological polar surface area (TPSA) is 214 Å². The summed E-state index contributed by atoms with van der Waals surface area (Å²) in [6.45, 7) is 3.49. The monoisotopic (exact) mass is 525 g/mol. The molecule has 0 spiro atoms. The predicted molar refractivity (Wildman–Crippen MR) is 135 cm³/mol. The maximum absolute atomic E-state index is 12.9. The van der Waals surface area contributed by atoms with Gasteiger partial charge in [-0.05, 0) is 36.5 Å². The average molecular weight is 526 g/mol. The van der Waals surface area contributed by atoms with Crippen molar-refractivity contribution in [2.45, 2.75) is 63.7 Å². The number of carboxylic acids is 1. The second-order valence-electron chi connectivity index (χ2n) is 8.50. The van der Waals surface area contributed by atoms with E-state index in [4.69, 9.17) is 11.5 Å². The maximum atomic E-state index is 12.9. The molecule has 0 bridgehead atoms. The van der Waals surface area contributed by atoms with Crippen LogP contribution in [-0.4, -0.2) is 69.7 Å². The van der Waals surface area contributed by atoms with Gasteiger partial charge in [-0.25, -0.2) is 4.79 Å². The lowest BCUT2D eigenvalue weighted by atomic mass is 9.97. The molecular weight excluding hydrogens is 490 g/mol. The first kappa shape index (κ1) is 30.7. The third-order valence-electron chi connectivity index (χ3n) is 5.63. The highest BCUT2D eigenvalue weighted by Gasteiger charge is 2.32. The molecule has 0 aliphatic heterocycles. The third kappa shape index (κ3) is 10.1. The molecule has 0 fully saturated rings. The van der Waals surface area contributed by atoms with Gasteiger partial charge >= 0.3 is 5.97 Å². The molecule has 1 aromatic carbocycles. The minimum Gasteiger partial charge on any atom is -0.508 e. The van der Waals surface area contributed by atoms with Crippen LogP contribution in [0.15, 0.2) is 24.3 Å². The van der Waals surface area contributed by atoms with E-state index in [9.17, 15) is 34.2 Å². The number of carboxylic acid groups (broad SMARTS) is 1. The van der Waals surface area contributed by atoms with E-state index in [1.54, 1.807) is 26.0 Å². The van der Waals surface area contributed by atoms with Crippen molar-refractivity contribution in [2.24, 2.45) is 17.4 Å². The summed E-state index contributed by atoms with van der Waals surface area (Å²) in [6, 6.07) is 1.59. The van der Waals surface area contributed by atoms with E-state index in [-0.39, 0.29) is 36.7 Å². The highest BCUT2D eigenvalue weighted by Crippen LogP contribution is 2.12. The summed E-state index contributed by atoms with van der Waals surface area (Å²) in [4.78, 5) is 60.8. The molecule has 9 N–H and O–H groups in total. The van der Waals surface area contributed by atoms with Crippen molar-refractivity contribution in [2.75, 3.05) is 5.75 Å². The van der Waals surface area contributed by atoms with Gasteiger partial charge in [0, 0.05) is 12.2 Å². The summed E-state index contributed by atoms with van der Waals surface area (Å²) in [5, 5.41) is 26.1. The summed E-state index contributed by atoms with van der Waals surface area (Å²) in [6.07, 6.45) is 0.196. The Bertz CT molecular complexity index is 928. The van der Waals surface area contributed by atoms with Crippen LogP contribution >= 0.6 is 12.6 Å². The van der Waals surface area contributed by atoms with Crippen molar-refractivity contribution in [3.05, 3.63) is 29.8 Å². The van der Waals surface area contributed by atoms with Crippen molar-refractivity contribution >= 4 is 42.2 Å². The van der Waals surface area contributed by atoms with Crippen LogP contribution < -0.4 is 27.4 Å². The molecule has 13 heteroatoms. The number of thiol groups is 1. The fourth-order valence-corrected chi connectivity index (χ4v) is 3.47. The van der Waals surface area contributed by atoms with E-state index < -0.39 is 53.8 Å². The van der Waals surface area contributed by atoms with Gasteiger partial charge < -0.3 is 37.6 Å². The number of hydrogen-bond donors (Lipinski definition) is 8. The Balaban J connectivity index is 2.86. The number of rotatable bonds is 15. The average Bonchev–Trinajstić information content (AvgIpc) is 2.83. The van der Waals surface area contributed by atoms with Gasteiger partial charge in [0.15, 0.2) is 0 Å². The smallest absolute Gasteiger partial charge is 0.326 e. The molecule has 12 nitrogen and oxygen atoms in total. The number of aliphatic carboxylic acids is 1. The Morgan fingerprint density at radius 1 is 0.972 bits per heavy atom. The Morgan fingerprint density at radius 3 is 2.06 bits per heavy atom. The van der Waals surface area contributed by atoms with E-state index in [1.807, 2.05) is 0 Å². The molecule has 1 rings (SSSR count). The highest BCUT2D eigenvalue weighted by atomic mass is 32.1. The largest absolute Gasteiger partial charge is 0.508 e. The predicted octanol–water partition coefficient (Wildman–Crippen LogP) is -0.958. The van der Waals surface area contributed by atoms with E-state index in [0.29, 0.717) is 12.0 Å². The molecule has 0 aromatic heterocycles. The lowest BCUT2D eigenvalue weighted by Gasteiger charge is -2.27. The fraction of sp³-hybridized carbons (Fsp3) is 0.522. The van der Waals surface area contributed by atoms with E-state index in [0.717, 1.165) is 0 Å². The lowest BCUT2D eigenvalue weighted by Crippen LogP contribution is -2.59. The minimum atomic E-state index is -1.37. The Labute approximate surface area is 215 Å². The van der Waals surface area contributed by atoms with Crippen molar-refractivity contribution < 1.29 is 34.2 Å². The number of benzene rings is 1. The van der Waals surface area contributed by atoms with Gasteiger partial charge in [-0.3, -0.25) is 19.2 Å². The van der Waals surface area contributed by atoms with Crippen molar-refractivity contribution in [3.8, 4) is 5.75 Å². The zero-order chi connectivity index (χ0) is 27.4. The van der Waals surface area contributed by atoms with E-state index >= 15 is 0 Å². The first-order valence-electron chi connectivity index (χ1n) is 11.5. The second kappa shape index (κ2) is 14.9. The summed E-state index contributed by atoms with van der Waals surface area (Å²) in [5.74, 6) is -4.50. The van der Waals surface area contributed by atoms with Gasteiger partial charge in [0.05, 0.1) is 6.04 Å². The van der Waals surface area contributed by atoms with E-state index in [2.05, 4.69) is 28.6 Å². The summed E-state index contributed by atoms with van der Waals surface area (Å²) >= 11 is 4.12. The molecule has 0 aliphatic rings. The molecule has 0 radical (unpaired) electrons. The number of aromatic hydroxyl groups is 1. The number of nitrogens with one attached hydrogen (secondary N) is 3. The van der Waals surface area contributed by atoms with Crippen LogP contribution in [0.1, 0.15) is 38.7 Å². The molecule has 1 aromatic rings. The molecule has 4 amide bonds. The van der Waals surface area contributed by atoms with Crippen LogP contribution in [0.4, 0.5) is 0 Å². The van der Waals surface area contributed by atoms with Gasteiger partial charge in [-0.1, -0.05) is 32.4 Å². The Morgan fingerprint density at radius 2 is 1.56 bits per heavy atom. The summed E-state index contributed by atoms with van der Waals surface area (Å²) in [5.41, 5.74) is 11.7. The number of amides is 4. The van der Waals surface area contributed by atoms with Crippen molar-refractivity contribution in [1.29, 1.82) is 0 Å². The molecule has 5 unspecified atom stereocenters. The first-order valence-corrected chi connectivity index (χ1v) is 12.1. The Kier molecular flexibility index (Phi) is 12.7. The van der Waals surface area contributed by atoms with Crippen LogP contribution in [0, 0.1) is 5.92 Å². The minimum absolute atomic E-state index is 0.0750. The number of phenolic OH excluding ortho intramolecular Hbond substituents is 1. The maximum Gasteiger partial charge on any atom is 0.326 e. The zero-order valence-electron chi connectivity index (χ0n) is 20.3. The van der Waals surface area contributed by atoms with Crippen LogP contribution in [0.3, 0.4) is 0 Å². The van der Waals surface area contributed by atoms with Crippen molar-refractivity contribution in [3.63, 3.8) is 0 Å². The molecular formula is C23H35N5O7S. The molecule has 0 saturated heterocycles. The van der Waals surface area contributed by atoms with Crippen LogP contribution in [0.5, 0.6) is 5.75 Å². The molecule has 0 aliphatic carbocycles. The fourth-order valence-electron chi connectivity index (χ4n) is 3.21. The van der Waals surface area contributed by atoms with Gasteiger partial charge in [0.1, 0.15) is 23.9 Å². The molecule has 0 saturated carbocycles. The van der Waals surface area contributed by atoms with E-state index in [1.165, 1.54) is 12.1 Å². The van der Waals surface area contributed by atoms with Crippen LogP contribution in [-0.2, 0) is 30.4 Å². The van der Waals surface area contributed by atoms with Gasteiger partial charge in [-0.15, -0.1) is 0 Å². The lowest BCUT2D eigenvalue weighted by molar-refractivity contribution is -0.143. The normalized spacial score (nSPS) is 15.0. The quantitative estimate of drug-likeness (QED) is 0.133. The summed E-state index contributed by atoms with van der Waals surface area (Å²) < 4.78 is 0. The number of phenols is 1. The molecule has 5 atom stereocenters.